The number of aliphatic imine (C=N–C) groups is 1. The maximum Gasteiger partial charge on any atom is 0.289 e. The molecule has 1 amide bonds. The van der Waals surface area contributed by atoms with E-state index in [1.54, 1.807) is 25.2 Å². The quantitative estimate of drug-likeness (QED) is 0.338. The maximum atomic E-state index is 12.4. The highest BCUT2D eigenvalue weighted by Gasteiger charge is 2.28. The third-order valence-electron chi connectivity index (χ3n) is 2.93. The molecule has 0 aliphatic heterocycles. The number of nitrogens with zero attached hydrogens (tertiary/aromatic N) is 5. The van der Waals surface area contributed by atoms with Crippen molar-refractivity contribution in [3.63, 3.8) is 0 Å². The van der Waals surface area contributed by atoms with Crippen molar-refractivity contribution >= 4 is 29.7 Å². The number of rotatable bonds is 6. The van der Waals surface area contributed by atoms with Crippen molar-refractivity contribution in [3.05, 3.63) is 49.7 Å². The van der Waals surface area contributed by atoms with Crippen LogP contribution in [0.15, 0.2) is 23.3 Å². The van der Waals surface area contributed by atoms with Crippen LogP contribution < -0.4 is 0 Å². The molecule has 0 saturated carbocycles. The normalized spacial score (nSPS) is 11.0. The lowest BCUT2D eigenvalue weighted by Gasteiger charge is -2.12. The molecule has 10 nitrogen and oxygen atoms in total. The Labute approximate surface area is 138 Å². The van der Waals surface area contributed by atoms with Gasteiger partial charge in [0.1, 0.15) is 5.56 Å². The first-order valence-corrected chi connectivity index (χ1v) is 6.70. The van der Waals surface area contributed by atoms with Crippen LogP contribution in [0.3, 0.4) is 0 Å². The van der Waals surface area contributed by atoms with Crippen LogP contribution in [0, 0.1) is 20.2 Å². The molecule has 0 N–H and O–H groups in total. The predicted octanol–water partition coefficient (Wildman–Crippen LogP) is 1.77. The number of carbonyl (C=O) groups excluding carboxylic acids is 1. The fourth-order valence-electron chi connectivity index (χ4n) is 1.85. The molecule has 24 heavy (non-hydrogen) atoms. The highest BCUT2D eigenvalue weighted by Crippen LogP contribution is 2.30. The second-order valence-corrected chi connectivity index (χ2v) is 5.01. The van der Waals surface area contributed by atoms with E-state index >= 15 is 0 Å². The van der Waals surface area contributed by atoms with Gasteiger partial charge in [-0.1, -0.05) is 0 Å². The minimum absolute atomic E-state index is 0.0875. The first-order chi connectivity index (χ1) is 11.2. The van der Waals surface area contributed by atoms with Gasteiger partial charge in [0.25, 0.3) is 17.3 Å². The minimum Gasteiger partial charge on any atom is -0.383 e. The van der Waals surface area contributed by atoms with Gasteiger partial charge in [-0.25, -0.2) is 0 Å². The average molecular weight is 335 g/mol. The van der Waals surface area contributed by atoms with Gasteiger partial charge in [-0.2, -0.15) is 0 Å². The summed E-state index contributed by atoms with van der Waals surface area (Å²) in [6.45, 7) is 0. The van der Waals surface area contributed by atoms with Gasteiger partial charge in [0, 0.05) is 28.2 Å². The van der Waals surface area contributed by atoms with Crippen LogP contribution in [0.5, 0.6) is 0 Å². The fraction of sp³-hybridized carbons (Fsp3) is 0.286. The Morgan fingerprint density at radius 1 is 1.12 bits per heavy atom. The summed E-state index contributed by atoms with van der Waals surface area (Å²) in [7, 11) is 6.26. The van der Waals surface area contributed by atoms with E-state index in [1.807, 2.05) is 0 Å². The fourth-order valence-corrected chi connectivity index (χ4v) is 1.85. The predicted molar refractivity (Wildman–Crippen MR) is 89.0 cm³/mol. The Kier molecular flexibility index (Phi) is 6.10. The van der Waals surface area contributed by atoms with E-state index in [1.165, 1.54) is 26.5 Å². The van der Waals surface area contributed by atoms with Crippen LogP contribution in [-0.4, -0.2) is 60.1 Å². The van der Waals surface area contributed by atoms with E-state index in [4.69, 9.17) is 0 Å². The molecule has 0 spiro atoms. The molecule has 0 saturated heterocycles. The van der Waals surface area contributed by atoms with Crippen LogP contribution in [-0.2, 0) is 0 Å². The lowest BCUT2D eigenvalue weighted by Crippen LogP contribution is -2.26. The number of carbonyl (C=O) groups is 1. The summed E-state index contributed by atoms with van der Waals surface area (Å²) in [5.41, 5.74) is -1.26. The number of hydrogen-bond acceptors (Lipinski definition) is 7. The Morgan fingerprint density at radius 3 is 2.17 bits per heavy atom. The van der Waals surface area contributed by atoms with Gasteiger partial charge in [0.05, 0.1) is 27.8 Å². The van der Waals surface area contributed by atoms with E-state index in [0.717, 1.165) is 17.0 Å². The van der Waals surface area contributed by atoms with Crippen LogP contribution in [0.25, 0.3) is 6.08 Å². The monoisotopic (exact) mass is 335 g/mol. The molecule has 10 heteroatoms. The molecule has 0 heterocycles. The smallest absolute Gasteiger partial charge is 0.289 e. The molecule has 0 aliphatic carbocycles. The van der Waals surface area contributed by atoms with Crippen molar-refractivity contribution in [1.82, 2.24) is 9.80 Å². The van der Waals surface area contributed by atoms with Crippen LogP contribution in [0.1, 0.15) is 15.9 Å². The second kappa shape index (κ2) is 7.81. The molecule has 0 fully saturated rings. The van der Waals surface area contributed by atoms with Crippen molar-refractivity contribution in [3.8, 4) is 0 Å². The minimum atomic E-state index is -0.823. The van der Waals surface area contributed by atoms with Gasteiger partial charge in [0.15, 0.2) is 0 Å². The van der Waals surface area contributed by atoms with E-state index in [0.29, 0.717) is 0 Å². The summed E-state index contributed by atoms with van der Waals surface area (Å²) in [5, 5.41) is 22.4. The van der Waals surface area contributed by atoms with Gasteiger partial charge >= 0.3 is 0 Å². The van der Waals surface area contributed by atoms with Crippen molar-refractivity contribution < 1.29 is 14.6 Å². The molecule has 0 radical (unpaired) electrons. The molecule has 1 rings (SSSR count). The number of hydrogen-bond donors (Lipinski definition) is 0. The summed E-state index contributed by atoms with van der Waals surface area (Å²) >= 11 is 0. The van der Waals surface area contributed by atoms with Crippen LogP contribution >= 0.6 is 0 Å². The first-order valence-electron chi connectivity index (χ1n) is 6.70. The Bertz CT molecular complexity index is 727. The highest BCUT2D eigenvalue weighted by atomic mass is 16.6. The molecule has 0 atom stereocenters. The SMILES string of the molecule is CN=CN(C)C(=O)c1cc(/C=C/N(C)C)c([N+](=O)[O-])cc1[N+](=O)[O-]. The standard InChI is InChI=1S/C14H17N5O5/c1-15-9-17(4)14(20)11-7-10(5-6-16(2)3)12(18(21)22)8-13(11)19(23)24/h5-9H,1-4H3/b6-5+,15-9?. The van der Waals surface area contributed by atoms with Crippen molar-refractivity contribution in [2.24, 2.45) is 4.99 Å². The summed E-state index contributed by atoms with van der Waals surface area (Å²) in [4.78, 5) is 39.6. The summed E-state index contributed by atoms with van der Waals surface area (Å²) in [5.74, 6) is -0.693. The number of nitro groups is 2. The zero-order valence-corrected chi connectivity index (χ0v) is 13.7. The zero-order chi connectivity index (χ0) is 18.4. The Morgan fingerprint density at radius 2 is 1.71 bits per heavy atom. The van der Waals surface area contributed by atoms with Crippen LogP contribution in [0.2, 0.25) is 0 Å². The average Bonchev–Trinajstić information content (AvgIpc) is 2.51. The summed E-state index contributed by atoms with van der Waals surface area (Å²) < 4.78 is 0. The Balaban J connectivity index is 3.61. The van der Waals surface area contributed by atoms with Gasteiger partial charge < -0.3 is 9.80 Å². The topological polar surface area (TPSA) is 122 Å². The van der Waals surface area contributed by atoms with E-state index in [9.17, 15) is 25.0 Å². The third kappa shape index (κ3) is 4.35. The number of nitro benzene ring substituents is 2. The van der Waals surface area contributed by atoms with Gasteiger partial charge in [-0.3, -0.25) is 30.0 Å². The molecule has 128 valence electrons. The largest absolute Gasteiger partial charge is 0.383 e. The summed E-state index contributed by atoms with van der Waals surface area (Å²) in [6, 6.07) is 1.93. The van der Waals surface area contributed by atoms with Gasteiger partial charge in [0.2, 0.25) is 0 Å². The molecule has 0 unspecified atom stereocenters. The van der Waals surface area contributed by atoms with E-state index in [-0.39, 0.29) is 11.1 Å². The molecule has 0 bridgehead atoms. The number of amides is 1. The zero-order valence-electron chi connectivity index (χ0n) is 13.7. The van der Waals surface area contributed by atoms with Crippen molar-refractivity contribution in [2.45, 2.75) is 0 Å². The lowest BCUT2D eigenvalue weighted by molar-refractivity contribution is -0.394. The first kappa shape index (κ1) is 18.7. The van der Waals surface area contributed by atoms with Gasteiger partial charge in [-0.15, -0.1) is 0 Å². The molecule has 0 aliphatic rings. The summed E-state index contributed by atoms with van der Waals surface area (Å²) in [6.07, 6.45) is 4.15. The Hall–Kier alpha value is -3.30. The lowest BCUT2D eigenvalue weighted by atomic mass is 10.0. The van der Waals surface area contributed by atoms with Gasteiger partial charge in [-0.05, 0) is 18.3 Å². The molecule has 0 aromatic heterocycles. The highest BCUT2D eigenvalue weighted by molar-refractivity contribution is 6.04. The number of benzene rings is 1. The second-order valence-electron chi connectivity index (χ2n) is 5.01. The molecule has 1 aromatic rings. The van der Waals surface area contributed by atoms with Crippen molar-refractivity contribution in [1.29, 1.82) is 0 Å². The van der Waals surface area contributed by atoms with E-state index in [2.05, 4.69) is 4.99 Å². The van der Waals surface area contributed by atoms with Crippen LogP contribution in [0.4, 0.5) is 11.4 Å². The van der Waals surface area contributed by atoms with E-state index < -0.39 is 27.1 Å². The van der Waals surface area contributed by atoms with Crippen molar-refractivity contribution in [2.75, 3.05) is 28.2 Å². The molecule has 1 aromatic carbocycles. The molecular formula is C14H17N5O5. The molecular weight excluding hydrogens is 318 g/mol. The maximum absolute atomic E-state index is 12.4. The third-order valence-corrected chi connectivity index (χ3v) is 2.93.